The molecule has 1 aliphatic rings. The molecule has 5 heteroatoms. The third-order valence-electron chi connectivity index (χ3n) is 3.31. The molecule has 0 spiro atoms. The number of hydrogen-bond donors (Lipinski definition) is 1. The van der Waals surface area contributed by atoms with Crippen LogP contribution in [0.3, 0.4) is 0 Å². The third-order valence-corrected chi connectivity index (χ3v) is 3.80. The van der Waals surface area contributed by atoms with Crippen molar-refractivity contribution in [2.45, 2.75) is 18.9 Å². The summed E-state index contributed by atoms with van der Waals surface area (Å²) in [5, 5.41) is 9.59. The summed E-state index contributed by atoms with van der Waals surface area (Å²) in [5.41, 5.74) is 0.841. The van der Waals surface area contributed by atoms with Gasteiger partial charge >= 0.3 is 0 Å². The Kier molecular flexibility index (Phi) is 5.20. The van der Waals surface area contributed by atoms with Crippen LogP contribution in [0.25, 0.3) is 6.08 Å². The maximum absolute atomic E-state index is 12.1. The highest BCUT2D eigenvalue weighted by molar-refractivity contribution is 9.10. The Labute approximate surface area is 127 Å². The van der Waals surface area contributed by atoms with Crippen molar-refractivity contribution >= 4 is 27.9 Å². The zero-order chi connectivity index (χ0) is 14.5. The smallest absolute Gasteiger partial charge is 0.246 e. The van der Waals surface area contributed by atoms with Gasteiger partial charge in [0.2, 0.25) is 5.91 Å². The van der Waals surface area contributed by atoms with Crippen molar-refractivity contribution in [2.75, 3.05) is 20.2 Å². The number of hydrogen-bond acceptors (Lipinski definition) is 3. The molecule has 1 aromatic carbocycles. The number of carbonyl (C=O) groups is 1. The molecule has 1 saturated heterocycles. The van der Waals surface area contributed by atoms with Crippen LogP contribution in [0.4, 0.5) is 0 Å². The highest BCUT2D eigenvalue weighted by Gasteiger charge is 2.20. The maximum Gasteiger partial charge on any atom is 0.246 e. The van der Waals surface area contributed by atoms with Crippen LogP contribution >= 0.6 is 15.9 Å². The number of piperidine rings is 1. The molecule has 2 rings (SSSR count). The first-order valence-corrected chi connectivity index (χ1v) is 7.38. The molecule has 0 aliphatic carbocycles. The summed E-state index contributed by atoms with van der Waals surface area (Å²) in [6.07, 6.45) is 4.49. The van der Waals surface area contributed by atoms with E-state index < -0.39 is 6.10 Å². The van der Waals surface area contributed by atoms with Crippen LogP contribution in [0, 0.1) is 0 Å². The van der Waals surface area contributed by atoms with E-state index in [9.17, 15) is 9.90 Å². The van der Waals surface area contributed by atoms with Crippen molar-refractivity contribution in [2.24, 2.45) is 0 Å². The monoisotopic (exact) mass is 339 g/mol. The number of benzene rings is 1. The minimum Gasteiger partial charge on any atom is -0.496 e. The van der Waals surface area contributed by atoms with Gasteiger partial charge < -0.3 is 14.7 Å². The van der Waals surface area contributed by atoms with Gasteiger partial charge in [-0.05, 0) is 37.1 Å². The summed E-state index contributed by atoms with van der Waals surface area (Å²) in [6.45, 7) is 1.12. The van der Waals surface area contributed by atoms with Crippen molar-refractivity contribution in [3.63, 3.8) is 0 Å². The van der Waals surface area contributed by atoms with Crippen molar-refractivity contribution in [3.8, 4) is 5.75 Å². The van der Waals surface area contributed by atoms with Crippen LogP contribution in [0.5, 0.6) is 5.75 Å². The van der Waals surface area contributed by atoms with E-state index in [1.807, 2.05) is 18.2 Å². The highest BCUT2D eigenvalue weighted by Crippen LogP contribution is 2.24. The third kappa shape index (κ3) is 3.84. The van der Waals surface area contributed by atoms with Gasteiger partial charge in [-0.3, -0.25) is 4.79 Å². The topological polar surface area (TPSA) is 49.8 Å². The molecule has 20 heavy (non-hydrogen) atoms. The largest absolute Gasteiger partial charge is 0.496 e. The number of aliphatic hydroxyl groups is 1. The molecule has 1 atom stereocenters. The van der Waals surface area contributed by atoms with E-state index in [4.69, 9.17) is 4.74 Å². The fourth-order valence-corrected chi connectivity index (χ4v) is 2.64. The van der Waals surface area contributed by atoms with Crippen LogP contribution < -0.4 is 4.74 Å². The number of aliphatic hydroxyl groups excluding tert-OH is 1. The van der Waals surface area contributed by atoms with Crippen molar-refractivity contribution in [1.29, 1.82) is 0 Å². The number of halogens is 1. The summed E-state index contributed by atoms with van der Waals surface area (Å²) in [7, 11) is 1.60. The van der Waals surface area contributed by atoms with E-state index in [1.54, 1.807) is 18.1 Å². The second-order valence-corrected chi connectivity index (χ2v) is 5.72. The van der Waals surface area contributed by atoms with Gasteiger partial charge in [0, 0.05) is 29.2 Å². The van der Waals surface area contributed by atoms with Gasteiger partial charge in [-0.1, -0.05) is 15.9 Å². The summed E-state index contributed by atoms with van der Waals surface area (Å²) in [5.74, 6) is 0.640. The number of methoxy groups -OCH3 is 1. The quantitative estimate of drug-likeness (QED) is 0.860. The number of nitrogens with zero attached hydrogens (tertiary/aromatic N) is 1. The number of likely N-dealkylation sites (tertiary alicyclic amines) is 1. The standard InChI is InChI=1S/C15H18BrNO3/c1-20-14-6-5-12(16)9-11(14)4-7-15(19)17-8-2-3-13(18)10-17/h4-7,9,13,18H,2-3,8,10H2,1H3/b7-4-/t13-/m0/s1. The first kappa shape index (κ1) is 15.1. The average Bonchev–Trinajstić information content (AvgIpc) is 2.45. The zero-order valence-electron chi connectivity index (χ0n) is 11.4. The molecule has 1 aliphatic heterocycles. The predicted molar refractivity (Wildman–Crippen MR) is 81.5 cm³/mol. The van der Waals surface area contributed by atoms with Crippen molar-refractivity contribution in [3.05, 3.63) is 34.3 Å². The molecule has 1 aromatic rings. The molecule has 1 heterocycles. The fourth-order valence-electron chi connectivity index (χ4n) is 2.26. The summed E-state index contributed by atoms with van der Waals surface area (Å²) < 4.78 is 6.19. The molecule has 1 amide bonds. The van der Waals surface area contributed by atoms with Gasteiger partial charge in [0.1, 0.15) is 5.75 Å². The normalized spacial score (nSPS) is 19.4. The van der Waals surface area contributed by atoms with E-state index >= 15 is 0 Å². The van der Waals surface area contributed by atoms with Gasteiger partial charge in [0.25, 0.3) is 0 Å². The van der Waals surface area contributed by atoms with Gasteiger partial charge in [0.05, 0.1) is 13.2 Å². The molecule has 0 unspecified atom stereocenters. The van der Waals surface area contributed by atoms with Crippen LogP contribution in [0.2, 0.25) is 0 Å². The first-order chi connectivity index (χ1) is 9.60. The summed E-state index contributed by atoms with van der Waals surface area (Å²) in [6, 6.07) is 5.63. The molecule has 0 aromatic heterocycles. The molecular formula is C15H18BrNO3. The van der Waals surface area contributed by atoms with Crippen LogP contribution in [0.15, 0.2) is 28.7 Å². The van der Waals surface area contributed by atoms with E-state index in [0.29, 0.717) is 13.1 Å². The van der Waals surface area contributed by atoms with E-state index in [1.165, 1.54) is 6.08 Å². The zero-order valence-corrected chi connectivity index (χ0v) is 13.0. The average molecular weight is 340 g/mol. The molecule has 0 saturated carbocycles. The lowest BCUT2D eigenvalue weighted by molar-refractivity contribution is -0.128. The number of carbonyl (C=O) groups excluding carboxylic acids is 1. The summed E-state index contributed by atoms with van der Waals surface area (Å²) >= 11 is 3.40. The van der Waals surface area contributed by atoms with Gasteiger partial charge in [-0.15, -0.1) is 0 Å². The van der Waals surface area contributed by atoms with E-state index in [-0.39, 0.29) is 5.91 Å². The maximum atomic E-state index is 12.1. The van der Waals surface area contributed by atoms with Crippen molar-refractivity contribution in [1.82, 2.24) is 4.90 Å². The number of β-amino-alcohol motifs (C(OH)–C–C–N with tert-alkyl or cyclic N) is 1. The molecule has 1 fully saturated rings. The molecule has 4 nitrogen and oxygen atoms in total. The minimum atomic E-state index is -0.401. The Morgan fingerprint density at radius 1 is 1.55 bits per heavy atom. The second-order valence-electron chi connectivity index (χ2n) is 4.80. The SMILES string of the molecule is COc1ccc(Br)cc1/C=C\C(=O)N1CCC[C@H](O)C1. The minimum absolute atomic E-state index is 0.0780. The Morgan fingerprint density at radius 3 is 3.05 bits per heavy atom. The Bertz CT molecular complexity index is 516. The van der Waals surface area contributed by atoms with Crippen LogP contribution in [-0.2, 0) is 4.79 Å². The van der Waals surface area contributed by atoms with Crippen LogP contribution in [-0.4, -0.2) is 42.2 Å². The molecule has 108 valence electrons. The Hall–Kier alpha value is -1.33. The molecular weight excluding hydrogens is 322 g/mol. The molecule has 0 radical (unpaired) electrons. The molecule has 0 bridgehead atoms. The number of amides is 1. The number of rotatable bonds is 3. The van der Waals surface area contributed by atoms with Gasteiger partial charge in [-0.25, -0.2) is 0 Å². The van der Waals surface area contributed by atoms with Gasteiger partial charge in [-0.2, -0.15) is 0 Å². The van der Waals surface area contributed by atoms with E-state index in [2.05, 4.69) is 15.9 Å². The lowest BCUT2D eigenvalue weighted by Gasteiger charge is -2.29. The number of ether oxygens (including phenoxy) is 1. The van der Waals surface area contributed by atoms with Crippen LogP contribution in [0.1, 0.15) is 18.4 Å². The molecule has 1 N–H and O–H groups in total. The highest BCUT2D eigenvalue weighted by atomic mass is 79.9. The van der Waals surface area contributed by atoms with E-state index in [0.717, 1.165) is 28.6 Å². The first-order valence-electron chi connectivity index (χ1n) is 6.58. The Balaban J connectivity index is 2.08. The lowest BCUT2D eigenvalue weighted by atomic mass is 10.1. The van der Waals surface area contributed by atoms with Crippen molar-refractivity contribution < 1.29 is 14.6 Å². The second kappa shape index (κ2) is 6.90. The summed E-state index contributed by atoms with van der Waals surface area (Å²) in [4.78, 5) is 13.8. The fraction of sp³-hybridized carbons (Fsp3) is 0.400. The van der Waals surface area contributed by atoms with Gasteiger partial charge in [0.15, 0.2) is 0 Å². The Morgan fingerprint density at radius 2 is 2.35 bits per heavy atom. The predicted octanol–water partition coefficient (Wildman–Crippen LogP) is 2.45. The lowest BCUT2D eigenvalue weighted by Crippen LogP contribution is -2.41.